The molecule has 0 fully saturated rings. The highest BCUT2D eigenvalue weighted by molar-refractivity contribution is 9.10. The molecule has 0 aliphatic rings. The average Bonchev–Trinajstić information content (AvgIpc) is 2.52. The first-order chi connectivity index (χ1) is 10.6. The molecule has 2 rings (SSSR count). The third-order valence-corrected chi connectivity index (χ3v) is 3.45. The van der Waals surface area contributed by atoms with Crippen LogP contribution < -0.4 is 10.2 Å². The summed E-state index contributed by atoms with van der Waals surface area (Å²) in [6, 6.07) is 11.2. The number of halogens is 1. The summed E-state index contributed by atoms with van der Waals surface area (Å²) in [6.07, 6.45) is 1.67. The second-order valence-electron chi connectivity index (χ2n) is 4.67. The van der Waals surface area contributed by atoms with Gasteiger partial charge in [0.2, 0.25) is 0 Å². The standard InChI is InChI=1S/C16H16BrN3O2/c1-11-6-7-15(13(17)9-11)22-10-16(21)20-19-12(2)14-5-3-4-8-18-14/h3-9H,10H2,1-2H3,(H,20,21)/b19-12+. The van der Waals surface area contributed by atoms with Crippen molar-refractivity contribution in [3.05, 3.63) is 58.3 Å². The van der Waals surface area contributed by atoms with Crippen molar-refractivity contribution >= 4 is 27.5 Å². The van der Waals surface area contributed by atoms with Crippen LogP contribution in [0.25, 0.3) is 0 Å². The van der Waals surface area contributed by atoms with Crippen molar-refractivity contribution in [3.63, 3.8) is 0 Å². The molecule has 2 aromatic rings. The number of nitrogens with zero attached hydrogens (tertiary/aromatic N) is 2. The van der Waals surface area contributed by atoms with Gasteiger partial charge in [0.05, 0.1) is 15.9 Å². The van der Waals surface area contributed by atoms with Crippen molar-refractivity contribution in [1.82, 2.24) is 10.4 Å². The van der Waals surface area contributed by atoms with Crippen LogP contribution in [-0.2, 0) is 4.79 Å². The van der Waals surface area contributed by atoms with E-state index in [4.69, 9.17) is 4.74 Å². The van der Waals surface area contributed by atoms with Gasteiger partial charge in [-0.3, -0.25) is 9.78 Å². The van der Waals surface area contributed by atoms with Crippen molar-refractivity contribution in [1.29, 1.82) is 0 Å². The van der Waals surface area contributed by atoms with Crippen LogP contribution in [0.4, 0.5) is 0 Å². The molecule has 0 bridgehead atoms. The SMILES string of the molecule is C/C(=N\NC(=O)COc1ccc(C)cc1Br)c1ccccn1. The third-order valence-electron chi connectivity index (χ3n) is 2.83. The van der Waals surface area contributed by atoms with Crippen LogP contribution in [-0.4, -0.2) is 23.2 Å². The van der Waals surface area contributed by atoms with Gasteiger partial charge in [0.25, 0.3) is 5.91 Å². The maximum absolute atomic E-state index is 11.8. The number of nitrogens with one attached hydrogen (secondary N) is 1. The molecule has 0 spiro atoms. The first-order valence-electron chi connectivity index (χ1n) is 6.70. The van der Waals surface area contributed by atoms with Gasteiger partial charge in [-0.15, -0.1) is 0 Å². The quantitative estimate of drug-likeness (QED) is 0.657. The van der Waals surface area contributed by atoms with Crippen LogP contribution in [0.5, 0.6) is 5.75 Å². The molecule has 0 unspecified atom stereocenters. The highest BCUT2D eigenvalue weighted by atomic mass is 79.9. The summed E-state index contributed by atoms with van der Waals surface area (Å²) in [5, 5.41) is 4.01. The van der Waals surface area contributed by atoms with Gasteiger partial charge in [0.1, 0.15) is 5.75 Å². The van der Waals surface area contributed by atoms with E-state index in [1.807, 2.05) is 43.3 Å². The Morgan fingerprint density at radius 2 is 2.18 bits per heavy atom. The van der Waals surface area contributed by atoms with Gasteiger partial charge in [-0.1, -0.05) is 12.1 Å². The monoisotopic (exact) mass is 361 g/mol. The number of ether oxygens (including phenoxy) is 1. The summed E-state index contributed by atoms with van der Waals surface area (Å²) in [6.45, 7) is 3.65. The summed E-state index contributed by atoms with van der Waals surface area (Å²) in [7, 11) is 0. The van der Waals surface area contributed by atoms with Crippen molar-refractivity contribution in [2.75, 3.05) is 6.61 Å². The van der Waals surface area contributed by atoms with Gasteiger partial charge in [-0.05, 0) is 59.6 Å². The van der Waals surface area contributed by atoms with E-state index in [1.54, 1.807) is 13.1 Å². The van der Waals surface area contributed by atoms with Crippen LogP contribution in [0, 0.1) is 6.92 Å². The normalized spacial score (nSPS) is 11.1. The van der Waals surface area contributed by atoms with Gasteiger partial charge in [-0.25, -0.2) is 5.43 Å². The van der Waals surface area contributed by atoms with E-state index in [2.05, 4.69) is 31.4 Å². The highest BCUT2D eigenvalue weighted by Crippen LogP contribution is 2.25. The molecule has 1 heterocycles. The maximum Gasteiger partial charge on any atom is 0.277 e. The van der Waals surface area contributed by atoms with E-state index in [-0.39, 0.29) is 12.5 Å². The van der Waals surface area contributed by atoms with E-state index in [0.29, 0.717) is 17.2 Å². The first kappa shape index (κ1) is 16.2. The molecule has 0 radical (unpaired) electrons. The molecule has 1 aromatic heterocycles. The Balaban J connectivity index is 1.88. The maximum atomic E-state index is 11.8. The topological polar surface area (TPSA) is 63.6 Å². The predicted octanol–water partition coefficient (Wildman–Crippen LogP) is 3.07. The van der Waals surface area contributed by atoms with E-state index in [9.17, 15) is 4.79 Å². The largest absolute Gasteiger partial charge is 0.483 e. The molecule has 0 saturated heterocycles. The summed E-state index contributed by atoms with van der Waals surface area (Å²) in [5.41, 5.74) is 4.90. The molecule has 0 saturated carbocycles. The smallest absolute Gasteiger partial charge is 0.277 e. The number of carbonyl (C=O) groups is 1. The number of aryl methyl sites for hydroxylation is 1. The Morgan fingerprint density at radius 3 is 2.86 bits per heavy atom. The number of pyridine rings is 1. The fraction of sp³-hybridized carbons (Fsp3) is 0.188. The van der Waals surface area contributed by atoms with Crippen molar-refractivity contribution in [3.8, 4) is 5.75 Å². The number of hydrogen-bond donors (Lipinski definition) is 1. The Morgan fingerprint density at radius 1 is 1.36 bits per heavy atom. The lowest BCUT2D eigenvalue weighted by Crippen LogP contribution is -2.25. The minimum Gasteiger partial charge on any atom is -0.483 e. The van der Waals surface area contributed by atoms with E-state index in [1.165, 1.54) is 0 Å². The van der Waals surface area contributed by atoms with Gasteiger partial charge >= 0.3 is 0 Å². The van der Waals surface area contributed by atoms with Crippen LogP contribution in [0.15, 0.2) is 52.2 Å². The zero-order chi connectivity index (χ0) is 15.9. The number of hydrazone groups is 1. The fourth-order valence-electron chi connectivity index (χ4n) is 1.68. The average molecular weight is 362 g/mol. The van der Waals surface area contributed by atoms with Crippen LogP contribution in [0.2, 0.25) is 0 Å². The third kappa shape index (κ3) is 4.66. The molecule has 5 nitrogen and oxygen atoms in total. The minimum atomic E-state index is -0.331. The van der Waals surface area contributed by atoms with Crippen molar-refractivity contribution in [2.24, 2.45) is 5.10 Å². The predicted molar refractivity (Wildman–Crippen MR) is 89.0 cm³/mol. The van der Waals surface area contributed by atoms with Crippen LogP contribution >= 0.6 is 15.9 Å². The molecule has 6 heteroatoms. The molecule has 0 atom stereocenters. The number of hydrogen-bond acceptors (Lipinski definition) is 4. The Kier molecular flexibility index (Phi) is 5.66. The molecule has 0 aliphatic heterocycles. The highest BCUT2D eigenvalue weighted by Gasteiger charge is 2.06. The second-order valence-corrected chi connectivity index (χ2v) is 5.52. The van der Waals surface area contributed by atoms with Gasteiger partial charge < -0.3 is 4.74 Å². The van der Waals surface area contributed by atoms with E-state index < -0.39 is 0 Å². The van der Waals surface area contributed by atoms with Crippen LogP contribution in [0.1, 0.15) is 18.2 Å². The number of aromatic nitrogens is 1. The van der Waals surface area contributed by atoms with E-state index >= 15 is 0 Å². The van der Waals surface area contributed by atoms with Crippen molar-refractivity contribution in [2.45, 2.75) is 13.8 Å². The zero-order valence-corrected chi connectivity index (χ0v) is 13.9. The molecule has 1 amide bonds. The van der Waals surface area contributed by atoms with Crippen LogP contribution in [0.3, 0.4) is 0 Å². The van der Waals surface area contributed by atoms with Gasteiger partial charge in [-0.2, -0.15) is 5.10 Å². The summed E-state index contributed by atoms with van der Waals surface area (Å²) < 4.78 is 6.26. The minimum absolute atomic E-state index is 0.110. The summed E-state index contributed by atoms with van der Waals surface area (Å²) >= 11 is 3.40. The van der Waals surface area contributed by atoms with Gasteiger partial charge in [0.15, 0.2) is 6.61 Å². The Labute approximate surface area is 137 Å². The molecule has 1 N–H and O–H groups in total. The molecular formula is C16H16BrN3O2. The summed E-state index contributed by atoms with van der Waals surface area (Å²) in [4.78, 5) is 15.9. The fourth-order valence-corrected chi connectivity index (χ4v) is 2.29. The van der Waals surface area contributed by atoms with E-state index in [0.717, 1.165) is 10.0 Å². The first-order valence-corrected chi connectivity index (χ1v) is 7.49. The zero-order valence-electron chi connectivity index (χ0n) is 12.3. The molecule has 1 aromatic carbocycles. The number of benzene rings is 1. The molecule has 114 valence electrons. The lowest BCUT2D eigenvalue weighted by atomic mass is 10.2. The molecule has 0 aliphatic carbocycles. The summed E-state index contributed by atoms with van der Waals surface area (Å²) in [5.74, 6) is 0.286. The second kappa shape index (κ2) is 7.70. The molecular weight excluding hydrogens is 346 g/mol. The molecule has 22 heavy (non-hydrogen) atoms. The number of carbonyl (C=O) groups excluding carboxylic acids is 1. The number of rotatable bonds is 5. The Bertz CT molecular complexity index is 687. The van der Waals surface area contributed by atoms with Gasteiger partial charge in [0, 0.05) is 6.20 Å². The van der Waals surface area contributed by atoms with Crippen molar-refractivity contribution < 1.29 is 9.53 Å². The lowest BCUT2D eigenvalue weighted by molar-refractivity contribution is -0.123. The Hall–Kier alpha value is -2.21. The lowest BCUT2D eigenvalue weighted by Gasteiger charge is -2.08. The number of amides is 1.